The fourth-order valence-electron chi connectivity index (χ4n) is 3.16. The number of carbonyl (C=O) groups is 1. The number of nitrogens with zero attached hydrogens (tertiary/aromatic N) is 3. The van der Waals surface area contributed by atoms with E-state index >= 15 is 0 Å². The van der Waals surface area contributed by atoms with E-state index in [0.717, 1.165) is 11.3 Å². The first kappa shape index (κ1) is 19.8. The lowest BCUT2D eigenvalue weighted by Gasteiger charge is -2.11. The molecule has 2 heterocycles. The second kappa shape index (κ2) is 8.39. The van der Waals surface area contributed by atoms with Crippen molar-refractivity contribution in [2.75, 3.05) is 0 Å². The van der Waals surface area contributed by atoms with E-state index in [-0.39, 0.29) is 18.0 Å². The van der Waals surface area contributed by atoms with Crippen LogP contribution in [-0.4, -0.2) is 25.9 Å². The van der Waals surface area contributed by atoms with Gasteiger partial charge in [0.1, 0.15) is 0 Å². The highest BCUT2D eigenvalue weighted by Crippen LogP contribution is 2.20. The van der Waals surface area contributed by atoms with Crippen molar-refractivity contribution in [2.45, 2.75) is 40.2 Å². The molecule has 0 saturated carbocycles. The predicted molar refractivity (Wildman–Crippen MR) is 108 cm³/mol. The van der Waals surface area contributed by atoms with E-state index in [1.165, 1.54) is 0 Å². The van der Waals surface area contributed by atoms with Crippen LogP contribution in [0.15, 0.2) is 35.3 Å². The van der Waals surface area contributed by atoms with Crippen LogP contribution in [-0.2, 0) is 19.4 Å². The maximum atomic E-state index is 12.7. The van der Waals surface area contributed by atoms with Gasteiger partial charge in [-0.15, -0.1) is 0 Å². The van der Waals surface area contributed by atoms with Gasteiger partial charge in [-0.3, -0.25) is 9.59 Å². The Morgan fingerprint density at radius 1 is 1.21 bits per heavy atom. The molecular weight excluding hydrogens is 378 g/mol. The highest BCUT2D eigenvalue weighted by Gasteiger charge is 2.18. The molecule has 0 spiro atoms. The molecule has 0 aliphatic heterocycles. The number of aromatic nitrogens is 4. The average Bonchev–Trinajstić information content (AvgIpc) is 3.08. The van der Waals surface area contributed by atoms with Gasteiger partial charge in [-0.2, -0.15) is 10.2 Å². The van der Waals surface area contributed by atoms with Crippen LogP contribution in [0.2, 0.25) is 5.02 Å². The molecule has 3 rings (SSSR count). The lowest BCUT2D eigenvalue weighted by Crippen LogP contribution is -2.30. The molecule has 28 heavy (non-hydrogen) atoms. The third kappa shape index (κ3) is 3.84. The van der Waals surface area contributed by atoms with Crippen LogP contribution in [0, 0.1) is 6.92 Å². The maximum Gasteiger partial charge on any atom is 0.272 e. The zero-order valence-corrected chi connectivity index (χ0v) is 16.8. The number of benzene rings is 1. The molecule has 1 aromatic carbocycles. The van der Waals surface area contributed by atoms with E-state index in [1.54, 1.807) is 23.9 Å². The molecule has 0 saturated heterocycles. The summed E-state index contributed by atoms with van der Waals surface area (Å²) in [5, 5.41) is 14.3. The molecule has 1 amide bonds. The summed E-state index contributed by atoms with van der Waals surface area (Å²) in [7, 11) is 0. The molecule has 0 atom stereocenters. The first-order valence-electron chi connectivity index (χ1n) is 9.14. The average molecular weight is 400 g/mol. The zero-order valence-electron chi connectivity index (χ0n) is 16.0. The van der Waals surface area contributed by atoms with Crippen molar-refractivity contribution in [3.63, 3.8) is 0 Å². The fraction of sp³-hybridized carbons (Fsp3) is 0.300. The number of rotatable bonds is 6. The smallest absolute Gasteiger partial charge is 0.272 e. The van der Waals surface area contributed by atoms with E-state index in [2.05, 4.69) is 20.6 Å². The molecule has 0 radical (unpaired) electrons. The number of hydrogen-bond acceptors (Lipinski definition) is 4. The van der Waals surface area contributed by atoms with Crippen LogP contribution in [0.5, 0.6) is 0 Å². The summed E-state index contributed by atoms with van der Waals surface area (Å²) < 4.78 is 1.58. The van der Waals surface area contributed by atoms with Crippen molar-refractivity contribution in [2.24, 2.45) is 0 Å². The van der Waals surface area contributed by atoms with Gasteiger partial charge in [0.2, 0.25) is 0 Å². The standard InChI is InChI=1S/C20H22ClN5O2/c1-4-13-14(19(27)24-23-16(13)5-2)10-22-20(28)18-12(3)11-26(25-18)17-9-7-6-8-15(17)21/h6-9,11H,4-5,10H2,1-3H3,(H,22,28)(H,24,27). The number of carbonyl (C=O) groups excluding carboxylic acids is 1. The normalized spacial score (nSPS) is 10.9. The number of H-pyrrole nitrogens is 1. The molecule has 0 aliphatic carbocycles. The van der Waals surface area contributed by atoms with Crippen molar-refractivity contribution in [1.82, 2.24) is 25.3 Å². The molecule has 0 fully saturated rings. The van der Waals surface area contributed by atoms with Crippen molar-refractivity contribution in [3.8, 4) is 5.69 Å². The van der Waals surface area contributed by atoms with Gasteiger partial charge in [-0.05, 0) is 37.5 Å². The van der Waals surface area contributed by atoms with E-state index in [1.807, 2.05) is 32.0 Å². The SMILES string of the molecule is CCc1n[nH]c(=O)c(CNC(=O)c2nn(-c3ccccc3Cl)cc2C)c1CC. The summed E-state index contributed by atoms with van der Waals surface area (Å²) in [5.41, 5.74) is 3.66. The summed E-state index contributed by atoms with van der Waals surface area (Å²) in [4.78, 5) is 24.9. The first-order chi connectivity index (χ1) is 13.5. The number of hydrogen-bond donors (Lipinski definition) is 2. The Balaban J connectivity index is 1.84. The Labute approximate surface area is 167 Å². The Kier molecular flexibility index (Phi) is 5.94. The van der Waals surface area contributed by atoms with Gasteiger partial charge < -0.3 is 5.32 Å². The summed E-state index contributed by atoms with van der Waals surface area (Å²) in [6, 6.07) is 7.27. The lowest BCUT2D eigenvalue weighted by molar-refractivity contribution is 0.0944. The number of aryl methyl sites for hydroxylation is 2. The molecule has 8 heteroatoms. The lowest BCUT2D eigenvalue weighted by atomic mass is 10.0. The largest absolute Gasteiger partial charge is 0.346 e. The van der Waals surface area contributed by atoms with Crippen LogP contribution >= 0.6 is 11.6 Å². The maximum absolute atomic E-state index is 12.7. The van der Waals surface area contributed by atoms with Crippen LogP contribution in [0.3, 0.4) is 0 Å². The third-order valence-electron chi connectivity index (χ3n) is 4.60. The number of aromatic amines is 1. The highest BCUT2D eigenvalue weighted by atomic mass is 35.5. The van der Waals surface area contributed by atoms with Gasteiger partial charge in [0.05, 0.1) is 16.4 Å². The van der Waals surface area contributed by atoms with Crippen molar-refractivity contribution >= 4 is 17.5 Å². The topological polar surface area (TPSA) is 92.7 Å². The Bertz CT molecular complexity index is 1070. The molecule has 2 aromatic heterocycles. The van der Waals surface area contributed by atoms with Gasteiger partial charge in [0.15, 0.2) is 5.69 Å². The van der Waals surface area contributed by atoms with Gasteiger partial charge in [-0.25, -0.2) is 9.78 Å². The first-order valence-corrected chi connectivity index (χ1v) is 9.52. The minimum Gasteiger partial charge on any atom is -0.346 e. The summed E-state index contributed by atoms with van der Waals surface area (Å²) in [5.74, 6) is -0.348. The van der Waals surface area contributed by atoms with Crippen LogP contribution in [0.4, 0.5) is 0 Å². The summed E-state index contributed by atoms with van der Waals surface area (Å²) >= 11 is 6.21. The van der Waals surface area contributed by atoms with Crippen molar-refractivity contribution in [3.05, 3.63) is 73.9 Å². The molecule has 0 unspecified atom stereocenters. The molecule has 0 aliphatic rings. The fourth-order valence-corrected chi connectivity index (χ4v) is 3.38. The van der Waals surface area contributed by atoms with Gasteiger partial charge in [-0.1, -0.05) is 37.6 Å². The Hall–Kier alpha value is -2.93. The molecule has 3 aromatic rings. The molecule has 0 bridgehead atoms. The Morgan fingerprint density at radius 3 is 2.64 bits per heavy atom. The molecule has 7 nitrogen and oxygen atoms in total. The van der Waals surface area contributed by atoms with Gasteiger partial charge >= 0.3 is 0 Å². The van der Waals surface area contributed by atoms with Crippen LogP contribution in [0.1, 0.15) is 46.7 Å². The van der Waals surface area contributed by atoms with Crippen LogP contribution in [0.25, 0.3) is 5.69 Å². The monoisotopic (exact) mass is 399 g/mol. The number of para-hydroxylation sites is 1. The van der Waals surface area contributed by atoms with Gasteiger partial charge in [0, 0.05) is 23.9 Å². The minimum atomic E-state index is -0.348. The molecular formula is C20H22ClN5O2. The van der Waals surface area contributed by atoms with Gasteiger partial charge in [0.25, 0.3) is 11.5 Å². The quantitative estimate of drug-likeness (QED) is 0.666. The second-order valence-electron chi connectivity index (χ2n) is 6.40. The summed E-state index contributed by atoms with van der Waals surface area (Å²) in [6.07, 6.45) is 3.13. The second-order valence-corrected chi connectivity index (χ2v) is 6.81. The zero-order chi connectivity index (χ0) is 20.3. The number of amides is 1. The molecule has 2 N–H and O–H groups in total. The van der Waals surface area contributed by atoms with E-state index in [4.69, 9.17) is 11.6 Å². The Morgan fingerprint density at radius 2 is 1.96 bits per heavy atom. The number of halogens is 1. The van der Waals surface area contributed by atoms with E-state index < -0.39 is 0 Å². The summed E-state index contributed by atoms with van der Waals surface area (Å²) in [6.45, 7) is 5.87. The molecule has 146 valence electrons. The minimum absolute atomic E-state index is 0.116. The number of nitrogens with one attached hydrogen (secondary N) is 2. The van der Waals surface area contributed by atoms with Crippen LogP contribution < -0.4 is 10.9 Å². The van der Waals surface area contributed by atoms with E-state index in [0.29, 0.717) is 40.4 Å². The van der Waals surface area contributed by atoms with Crippen molar-refractivity contribution in [1.29, 1.82) is 0 Å². The highest BCUT2D eigenvalue weighted by molar-refractivity contribution is 6.32. The van der Waals surface area contributed by atoms with Crippen molar-refractivity contribution < 1.29 is 4.79 Å². The van der Waals surface area contributed by atoms with E-state index in [9.17, 15) is 9.59 Å². The predicted octanol–water partition coefficient (Wildman–Crippen LogP) is 2.97. The third-order valence-corrected chi connectivity index (χ3v) is 4.92.